The van der Waals surface area contributed by atoms with Gasteiger partial charge >= 0.3 is 0 Å². The predicted molar refractivity (Wildman–Crippen MR) is 109 cm³/mol. The second-order valence-corrected chi connectivity index (χ2v) is 7.26. The first kappa shape index (κ1) is 19.2. The van der Waals surface area contributed by atoms with Gasteiger partial charge in [-0.25, -0.2) is 0 Å². The molecule has 0 spiro atoms. The SMILES string of the molecule is COc1cc(/C=C2\SC(=S)N(Cc3ccncc3)C2=O)cc(OC)c1OC. The van der Waals surface area contributed by atoms with E-state index in [9.17, 15) is 4.79 Å². The van der Waals surface area contributed by atoms with Gasteiger partial charge in [0.25, 0.3) is 5.91 Å². The fraction of sp³-hybridized carbons (Fsp3) is 0.211. The lowest BCUT2D eigenvalue weighted by atomic mass is 10.1. The molecule has 2 aromatic rings. The summed E-state index contributed by atoms with van der Waals surface area (Å²) in [7, 11) is 4.65. The Bertz CT molecular complexity index is 875. The van der Waals surface area contributed by atoms with E-state index in [-0.39, 0.29) is 5.91 Å². The van der Waals surface area contributed by atoms with Crippen LogP contribution in [0.1, 0.15) is 11.1 Å². The highest BCUT2D eigenvalue weighted by atomic mass is 32.2. The van der Waals surface area contributed by atoms with Crippen LogP contribution >= 0.6 is 24.0 Å². The van der Waals surface area contributed by atoms with Crippen LogP contribution < -0.4 is 14.2 Å². The topological polar surface area (TPSA) is 60.9 Å². The average Bonchev–Trinajstić information content (AvgIpc) is 2.95. The highest BCUT2D eigenvalue weighted by Gasteiger charge is 2.32. The van der Waals surface area contributed by atoms with E-state index in [1.807, 2.05) is 12.1 Å². The molecule has 1 aromatic carbocycles. The van der Waals surface area contributed by atoms with E-state index in [1.54, 1.807) is 56.8 Å². The van der Waals surface area contributed by atoms with E-state index in [2.05, 4.69) is 4.98 Å². The van der Waals surface area contributed by atoms with Gasteiger partial charge in [-0.2, -0.15) is 0 Å². The number of ether oxygens (including phenoxy) is 3. The second kappa shape index (κ2) is 8.41. The van der Waals surface area contributed by atoms with E-state index < -0.39 is 0 Å². The lowest BCUT2D eigenvalue weighted by Crippen LogP contribution is -2.27. The van der Waals surface area contributed by atoms with Crippen LogP contribution in [-0.4, -0.2) is 41.4 Å². The van der Waals surface area contributed by atoms with Crippen molar-refractivity contribution in [3.8, 4) is 17.2 Å². The number of amides is 1. The minimum Gasteiger partial charge on any atom is -0.493 e. The highest BCUT2D eigenvalue weighted by molar-refractivity contribution is 8.26. The Hall–Kier alpha value is -2.58. The van der Waals surface area contributed by atoms with E-state index >= 15 is 0 Å². The van der Waals surface area contributed by atoms with Crippen molar-refractivity contribution in [2.24, 2.45) is 0 Å². The second-order valence-electron chi connectivity index (χ2n) is 5.58. The lowest BCUT2D eigenvalue weighted by Gasteiger charge is -2.14. The quantitative estimate of drug-likeness (QED) is 0.541. The summed E-state index contributed by atoms with van der Waals surface area (Å²) in [6.07, 6.45) is 5.16. The normalized spacial score (nSPS) is 15.4. The zero-order valence-corrected chi connectivity index (χ0v) is 16.7. The molecular formula is C19H18N2O4S2. The maximum atomic E-state index is 12.8. The van der Waals surface area contributed by atoms with Crippen LogP contribution in [-0.2, 0) is 11.3 Å². The number of carbonyl (C=O) groups excluding carboxylic acids is 1. The zero-order chi connectivity index (χ0) is 19.4. The van der Waals surface area contributed by atoms with E-state index in [1.165, 1.54) is 11.8 Å². The van der Waals surface area contributed by atoms with Gasteiger partial charge in [-0.1, -0.05) is 24.0 Å². The molecule has 1 aliphatic heterocycles. The molecule has 140 valence electrons. The first-order valence-electron chi connectivity index (χ1n) is 8.01. The number of pyridine rings is 1. The molecule has 1 aromatic heterocycles. The smallest absolute Gasteiger partial charge is 0.266 e. The number of hydrogen-bond donors (Lipinski definition) is 0. The van der Waals surface area contributed by atoms with Gasteiger partial charge in [0.15, 0.2) is 11.5 Å². The van der Waals surface area contributed by atoms with E-state index in [0.29, 0.717) is 33.0 Å². The average molecular weight is 402 g/mol. The molecule has 2 heterocycles. The van der Waals surface area contributed by atoms with E-state index in [4.69, 9.17) is 26.4 Å². The summed E-state index contributed by atoms with van der Waals surface area (Å²) < 4.78 is 16.6. The number of carbonyl (C=O) groups is 1. The largest absolute Gasteiger partial charge is 0.493 e. The fourth-order valence-corrected chi connectivity index (χ4v) is 3.90. The minimum atomic E-state index is -0.129. The summed E-state index contributed by atoms with van der Waals surface area (Å²) in [5.41, 5.74) is 1.73. The van der Waals surface area contributed by atoms with Gasteiger partial charge in [-0.05, 0) is 41.5 Å². The van der Waals surface area contributed by atoms with Crippen molar-refractivity contribution in [2.75, 3.05) is 21.3 Å². The van der Waals surface area contributed by atoms with Gasteiger partial charge in [0.2, 0.25) is 5.75 Å². The third-order valence-corrected chi connectivity index (χ3v) is 5.33. The lowest BCUT2D eigenvalue weighted by molar-refractivity contribution is -0.122. The Labute approximate surface area is 167 Å². The third-order valence-electron chi connectivity index (χ3n) is 3.95. The highest BCUT2D eigenvalue weighted by Crippen LogP contribution is 2.40. The molecule has 1 amide bonds. The van der Waals surface area contributed by atoms with Gasteiger partial charge in [0, 0.05) is 12.4 Å². The van der Waals surface area contributed by atoms with Crippen molar-refractivity contribution >= 4 is 40.3 Å². The van der Waals surface area contributed by atoms with Crippen molar-refractivity contribution in [1.82, 2.24) is 9.88 Å². The Balaban J connectivity index is 1.89. The Kier molecular flexibility index (Phi) is 5.98. The molecule has 0 atom stereocenters. The van der Waals surface area contributed by atoms with Crippen molar-refractivity contribution in [3.63, 3.8) is 0 Å². The molecule has 0 unspecified atom stereocenters. The number of methoxy groups -OCH3 is 3. The van der Waals surface area contributed by atoms with Crippen LogP contribution in [0, 0.1) is 0 Å². The number of nitrogens with zero attached hydrogens (tertiary/aromatic N) is 2. The summed E-state index contributed by atoms with van der Waals surface area (Å²) in [5.74, 6) is 1.42. The molecule has 1 aliphatic rings. The summed E-state index contributed by atoms with van der Waals surface area (Å²) in [6, 6.07) is 7.30. The van der Waals surface area contributed by atoms with Crippen LogP contribution in [0.25, 0.3) is 6.08 Å². The molecule has 0 radical (unpaired) electrons. The minimum absolute atomic E-state index is 0.129. The summed E-state index contributed by atoms with van der Waals surface area (Å²) in [4.78, 5) is 18.9. The van der Waals surface area contributed by atoms with Gasteiger partial charge in [-0.3, -0.25) is 14.7 Å². The number of thioether (sulfide) groups is 1. The van der Waals surface area contributed by atoms with Crippen molar-refractivity contribution < 1.29 is 19.0 Å². The van der Waals surface area contributed by atoms with Gasteiger partial charge < -0.3 is 14.2 Å². The maximum Gasteiger partial charge on any atom is 0.266 e. The monoisotopic (exact) mass is 402 g/mol. The molecule has 0 bridgehead atoms. The first-order chi connectivity index (χ1) is 13.1. The van der Waals surface area contributed by atoms with E-state index in [0.717, 1.165) is 11.1 Å². The van der Waals surface area contributed by atoms with Crippen molar-refractivity contribution in [2.45, 2.75) is 6.54 Å². The van der Waals surface area contributed by atoms with Crippen LogP contribution in [0.4, 0.5) is 0 Å². The molecule has 27 heavy (non-hydrogen) atoms. The Morgan fingerprint density at radius 2 is 1.74 bits per heavy atom. The van der Waals surface area contributed by atoms with Crippen molar-refractivity contribution in [3.05, 3.63) is 52.7 Å². The van der Waals surface area contributed by atoms with Gasteiger partial charge in [-0.15, -0.1) is 0 Å². The first-order valence-corrected chi connectivity index (χ1v) is 9.24. The van der Waals surface area contributed by atoms with Gasteiger partial charge in [0.1, 0.15) is 4.32 Å². The number of rotatable bonds is 6. The number of aromatic nitrogens is 1. The number of benzene rings is 1. The molecule has 6 nitrogen and oxygen atoms in total. The van der Waals surface area contributed by atoms with Crippen LogP contribution in [0.2, 0.25) is 0 Å². The summed E-state index contributed by atoms with van der Waals surface area (Å²) in [5, 5.41) is 0. The summed E-state index contributed by atoms with van der Waals surface area (Å²) >= 11 is 6.66. The van der Waals surface area contributed by atoms with Gasteiger partial charge in [0.05, 0.1) is 32.8 Å². The number of hydrogen-bond acceptors (Lipinski definition) is 7. The Morgan fingerprint density at radius 1 is 1.11 bits per heavy atom. The third kappa shape index (κ3) is 4.06. The predicted octanol–water partition coefficient (Wildman–Crippen LogP) is 3.51. The van der Waals surface area contributed by atoms with Crippen LogP contribution in [0.15, 0.2) is 41.6 Å². The van der Waals surface area contributed by atoms with Crippen molar-refractivity contribution in [1.29, 1.82) is 0 Å². The number of thiocarbonyl (C=S) groups is 1. The maximum absolute atomic E-state index is 12.8. The molecule has 1 fully saturated rings. The standard InChI is InChI=1S/C19H18N2O4S2/c1-23-14-8-13(9-15(24-2)17(14)25-3)10-16-18(22)21(19(26)27-16)11-12-4-6-20-7-5-12/h4-10H,11H2,1-3H3/b16-10-. The molecule has 3 rings (SSSR count). The molecule has 0 aliphatic carbocycles. The molecule has 0 saturated carbocycles. The van der Waals surface area contributed by atoms with Crippen LogP contribution in [0.5, 0.6) is 17.2 Å². The Morgan fingerprint density at radius 3 is 2.30 bits per heavy atom. The fourth-order valence-electron chi connectivity index (χ4n) is 2.64. The molecular weight excluding hydrogens is 384 g/mol. The van der Waals surface area contributed by atoms with Crippen LogP contribution in [0.3, 0.4) is 0 Å². The molecule has 8 heteroatoms. The molecule has 0 N–H and O–H groups in total. The summed E-state index contributed by atoms with van der Waals surface area (Å²) in [6.45, 7) is 0.416. The molecule has 1 saturated heterocycles. The zero-order valence-electron chi connectivity index (χ0n) is 15.1.